The van der Waals surface area contributed by atoms with Gasteiger partial charge in [0, 0.05) is 41.0 Å². The van der Waals surface area contributed by atoms with Crippen molar-refractivity contribution in [1.29, 1.82) is 0 Å². The number of hydrogen-bond donors (Lipinski definition) is 1. The van der Waals surface area contributed by atoms with Crippen molar-refractivity contribution in [3.05, 3.63) is 74.7 Å². The standard InChI is InChI=1S/C19H16Cl2N2OS/c20-17-2-1-3-18(21)16(17)4-5-19(24)23-10-13-8-15(11-22-9-13)14-6-7-25-12-14/h1-3,6-9,11-12H,4-5,10H2,(H,23,24). The highest BCUT2D eigenvalue weighted by Crippen LogP contribution is 2.25. The minimum atomic E-state index is -0.0445. The summed E-state index contributed by atoms with van der Waals surface area (Å²) >= 11 is 13.9. The average Bonchev–Trinajstić information content (AvgIpc) is 3.14. The van der Waals surface area contributed by atoms with E-state index in [1.54, 1.807) is 35.7 Å². The maximum atomic E-state index is 12.1. The van der Waals surface area contributed by atoms with E-state index in [1.807, 2.05) is 17.6 Å². The van der Waals surface area contributed by atoms with Gasteiger partial charge in [-0.25, -0.2) is 0 Å². The van der Waals surface area contributed by atoms with E-state index in [9.17, 15) is 4.79 Å². The Morgan fingerprint density at radius 3 is 2.64 bits per heavy atom. The monoisotopic (exact) mass is 390 g/mol. The number of carbonyl (C=O) groups excluding carboxylic acids is 1. The van der Waals surface area contributed by atoms with Crippen LogP contribution in [-0.4, -0.2) is 10.9 Å². The molecule has 3 nitrogen and oxygen atoms in total. The summed E-state index contributed by atoms with van der Waals surface area (Å²) in [5, 5.41) is 8.21. The Hall–Kier alpha value is -1.88. The second-order valence-electron chi connectivity index (χ2n) is 5.57. The molecule has 0 spiro atoms. The van der Waals surface area contributed by atoms with Crippen LogP contribution in [-0.2, 0) is 17.8 Å². The van der Waals surface area contributed by atoms with Gasteiger partial charge in [0.25, 0.3) is 0 Å². The third-order valence-corrected chi connectivity index (χ3v) is 5.19. The zero-order valence-electron chi connectivity index (χ0n) is 13.3. The molecule has 1 N–H and O–H groups in total. The number of thiophene rings is 1. The third-order valence-electron chi connectivity index (χ3n) is 3.80. The van der Waals surface area contributed by atoms with E-state index in [1.165, 1.54) is 0 Å². The summed E-state index contributed by atoms with van der Waals surface area (Å²) in [4.78, 5) is 16.4. The molecule has 1 amide bonds. The zero-order valence-corrected chi connectivity index (χ0v) is 15.7. The quantitative estimate of drug-likeness (QED) is 0.614. The van der Waals surface area contributed by atoms with E-state index in [-0.39, 0.29) is 5.91 Å². The lowest BCUT2D eigenvalue weighted by Gasteiger charge is -2.08. The van der Waals surface area contributed by atoms with Gasteiger partial charge in [0.05, 0.1) is 0 Å². The normalized spacial score (nSPS) is 10.6. The van der Waals surface area contributed by atoms with Crippen molar-refractivity contribution in [2.75, 3.05) is 0 Å². The molecular formula is C19H16Cl2N2OS. The van der Waals surface area contributed by atoms with Gasteiger partial charge in [-0.3, -0.25) is 9.78 Å². The molecule has 0 aliphatic rings. The van der Waals surface area contributed by atoms with Crippen LogP contribution in [0.25, 0.3) is 11.1 Å². The lowest BCUT2D eigenvalue weighted by Crippen LogP contribution is -2.23. The summed E-state index contributed by atoms with van der Waals surface area (Å²) in [7, 11) is 0. The fraction of sp³-hybridized carbons (Fsp3) is 0.158. The number of carbonyl (C=O) groups is 1. The minimum absolute atomic E-state index is 0.0445. The molecule has 3 aromatic rings. The fourth-order valence-corrected chi connectivity index (χ4v) is 3.72. The van der Waals surface area contributed by atoms with Crippen LogP contribution in [0.2, 0.25) is 10.0 Å². The van der Waals surface area contributed by atoms with E-state index in [4.69, 9.17) is 23.2 Å². The second-order valence-corrected chi connectivity index (χ2v) is 7.17. The van der Waals surface area contributed by atoms with E-state index >= 15 is 0 Å². The summed E-state index contributed by atoms with van der Waals surface area (Å²) in [5.74, 6) is -0.0445. The van der Waals surface area contributed by atoms with Gasteiger partial charge in [0.1, 0.15) is 0 Å². The molecule has 25 heavy (non-hydrogen) atoms. The molecule has 0 aliphatic heterocycles. The van der Waals surface area contributed by atoms with E-state index < -0.39 is 0 Å². The third kappa shape index (κ3) is 4.82. The molecule has 0 saturated heterocycles. The van der Waals surface area contributed by atoms with Crippen LogP contribution >= 0.6 is 34.5 Å². The minimum Gasteiger partial charge on any atom is -0.352 e. The van der Waals surface area contributed by atoms with Crippen molar-refractivity contribution in [1.82, 2.24) is 10.3 Å². The van der Waals surface area contributed by atoms with Crippen LogP contribution in [0.3, 0.4) is 0 Å². The number of nitrogens with one attached hydrogen (secondary N) is 1. The molecule has 0 atom stereocenters. The molecule has 0 fully saturated rings. The molecule has 0 unspecified atom stereocenters. The smallest absolute Gasteiger partial charge is 0.220 e. The lowest BCUT2D eigenvalue weighted by atomic mass is 10.1. The largest absolute Gasteiger partial charge is 0.352 e. The van der Waals surface area contributed by atoms with Crippen LogP contribution in [0.15, 0.2) is 53.5 Å². The average molecular weight is 391 g/mol. The topological polar surface area (TPSA) is 42.0 Å². The molecule has 0 aliphatic carbocycles. The van der Waals surface area contributed by atoms with Gasteiger partial charge in [-0.05, 0) is 58.1 Å². The number of amides is 1. The Kier molecular flexibility index (Phi) is 6.08. The van der Waals surface area contributed by atoms with Gasteiger partial charge in [-0.2, -0.15) is 11.3 Å². The Labute approximate surface area is 160 Å². The first-order chi connectivity index (χ1) is 12.1. The Bertz CT molecular complexity index is 845. The van der Waals surface area contributed by atoms with Gasteiger partial charge in [-0.15, -0.1) is 0 Å². The van der Waals surface area contributed by atoms with Crippen LogP contribution < -0.4 is 5.32 Å². The Morgan fingerprint density at radius 2 is 1.92 bits per heavy atom. The van der Waals surface area contributed by atoms with Gasteiger partial charge in [-0.1, -0.05) is 29.3 Å². The van der Waals surface area contributed by atoms with Crippen molar-refractivity contribution < 1.29 is 4.79 Å². The predicted octanol–water partition coefficient (Wildman–Crippen LogP) is 5.37. The van der Waals surface area contributed by atoms with Crippen molar-refractivity contribution in [3.63, 3.8) is 0 Å². The first-order valence-electron chi connectivity index (χ1n) is 7.79. The number of pyridine rings is 1. The molecule has 2 aromatic heterocycles. The number of hydrogen-bond acceptors (Lipinski definition) is 3. The molecule has 1 aromatic carbocycles. The van der Waals surface area contributed by atoms with Crippen LogP contribution in [0.1, 0.15) is 17.5 Å². The van der Waals surface area contributed by atoms with Crippen molar-refractivity contribution >= 4 is 40.4 Å². The molecule has 0 saturated carbocycles. The molecule has 0 radical (unpaired) electrons. The maximum absolute atomic E-state index is 12.1. The first-order valence-corrected chi connectivity index (χ1v) is 9.49. The summed E-state index contributed by atoms with van der Waals surface area (Å²) in [6, 6.07) is 9.45. The van der Waals surface area contributed by atoms with E-state index in [0.717, 1.165) is 22.3 Å². The predicted molar refractivity (Wildman–Crippen MR) is 104 cm³/mol. The Balaban J connectivity index is 1.55. The lowest BCUT2D eigenvalue weighted by molar-refractivity contribution is -0.121. The van der Waals surface area contributed by atoms with Gasteiger partial charge >= 0.3 is 0 Å². The maximum Gasteiger partial charge on any atom is 0.220 e. The van der Waals surface area contributed by atoms with Crippen molar-refractivity contribution in [2.24, 2.45) is 0 Å². The fourth-order valence-electron chi connectivity index (χ4n) is 2.47. The molecule has 0 bridgehead atoms. The van der Waals surface area contributed by atoms with Crippen LogP contribution in [0.4, 0.5) is 0 Å². The molecule has 2 heterocycles. The van der Waals surface area contributed by atoms with Gasteiger partial charge < -0.3 is 5.32 Å². The van der Waals surface area contributed by atoms with Gasteiger partial charge in [0.15, 0.2) is 0 Å². The highest BCUT2D eigenvalue weighted by molar-refractivity contribution is 7.08. The Morgan fingerprint density at radius 1 is 1.12 bits per heavy atom. The van der Waals surface area contributed by atoms with Crippen molar-refractivity contribution in [2.45, 2.75) is 19.4 Å². The van der Waals surface area contributed by atoms with Gasteiger partial charge in [0.2, 0.25) is 5.91 Å². The number of rotatable bonds is 6. The molecular weight excluding hydrogens is 375 g/mol. The summed E-state index contributed by atoms with van der Waals surface area (Å²) in [6.45, 7) is 0.445. The number of halogens is 2. The van der Waals surface area contributed by atoms with Crippen LogP contribution in [0, 0.1) is 0 Å². The number of benzene rings is 1. The molecule has 128 valence electrons. The zero-order chi connectivity index (χ0) is 17.6. The molecule has 3 rings (SSSR count). The van der Waals surface area contributed by atoms with Crippen LogP contribution in [0.5, 0.6) is 0 Å². The SMILES string of the molecule is O=C(CCc1c(Cl)cccc1Cl)NCc1cncc(-c2ccsc2)c1. The summed E-state index contributed by atoms with van der Waals surface area (Å²) in [6.07, 6.45) is 4.44. The first kappa shape index (κ1) is 17.9. The second kappa shape index (κ2) is 8.48. The van der Waals surface area contributed by atoms with Crippen molar-refractivity contribution in [3.8, 4) is 11.1 Å². The summed E-state index contributed by atoms with van der Waals surface area (Å²) < 4.78 is 0. The molecule has 6 heteroatoms. The van der Waals surface area contributed by atoms with E-state index in [0.29, 0.717) is 29.4 Å². The van der Waals surface area contributed by atoms with E-state index in [2.05, 4.69) is 21.7 Å². The summed E-state index contributed by atoms with van der Waals surface area (Å²) in [5.41, 5.74) is 3.96. The highest BCUT2D eigenvalue weighted by atomic mass is 35.5. The number of nitrogens with zero attached hydrogens (tertiary/aromatic N) is 1. The number of aromatic nitrogens is 1. The highest BCUT2D eigenvalue weighted by Gasteiger charge is 2.09.